The minimum atomic E-state index is -2.98. The van der Waals surface area contributed by atoms with Crippen LogP contribution in [0.15, 0.2) is 126 Å². The summed E-state index contributed by atoms with van der Waals surface area (Å²) in [4.78, 5) is 56.4. The van der Waals surface area contributed by atoms with Gasteiger partial charge in [-0.05, 0) is 169 Å². The number of rotatable bonds is 15. The number of hydrogen-bond acceptors (Lipinski definition) is 12. The molecule has 2 N–H and O–H groups in total. The molecule has 7 aliphatic rings. The lowest BCUT2D eigenvalue weighted by molar-refractivity contribution is -0.219. The van der Waals surface area contributed by atoms with Crippen molar-refractivity contribution in [3.8, 4) is 0 Å². The maximum absolute atomic E-state index is 14.4. The molecule has 2 unspecified atom stereocenters. The number of ether oxygens (including phenoxy) is 2. The Hall–Kier alpha value is -4.29. The van der Waals surface area contributed by atoms with E-state index < -0.39 is 59.4 Å². The first kappa shape index (κ1) is 75.9. The molecule has 7 fully saturated rings. The highest BCUT2D eigenvalue weighted by Crippen LogP contribution is 2.71. The second kappa shape index (κ2) is 29.0. The van der Waals surface area contributed by atoms with Crippen molar-refractivity contribution in [2.75, 3.05) is 33.5 Å². The van der Waals surface area contributed by atoms with Crippen molar-refractivity contribution in [2.24, 2.45) is 72.7 Å². The topological polar surface area (TPSA) is 167 Å². The van der Waals surface area contributed by atoms with Gasteiger partial charge in [0.05, 0.1) is 18.8 Å². The normalized spacial score (nSPS) is 34.9. The Bertz CT molecular complexity index is 3280. The molecule has 526 valence electrons. The predicted molar refractivity (Wildman–Crippen MR) is 395 cm³/mol. The van der Waals surface area contributed by atoms with Crippen molar-refractivity contribution >= 4 is 77.6 Å². The van der Waals surface area contributed by atoms with Gasteiger partial charge in [-0.1, -0.05) is 218 Å². The highest BCUT2D eigenvalue weighted by Gasteiger charge is 2.72. The molecule has 4 aromatic carbocycles. The van der Waals surface area contributed by atoms with Crippen LogP contribution in [0.4, 0.5) is 0 Å². The lowest BCUT2D eigenvalue weighted by Crippen LogP contribution is -2.67. The van der Waals surface area contributed by atoms with E-state index in [-0.39, 0.29) is 99.7 Å². The summed E-state index contributed by atoms with van der Waals surface area (Å²) in [6.45, 7) is 37.1. The van der Waals surface area contributed by atoms with Crippen molar-refractivity contribution in [1.29, 1.82) is 0 Å². The smallest absolute Gasteiger partial charge is 0.331 e. The van der Waals surface area contributed by atoms with E-state index in [0.29, 0.717) is 37.4 Å². The van der Waals surface area contributed by atoms with Crippen LogP contribution in [0.3, 0.4) is 0 Å². The Morgan fingerprint density at radius 3 is 1.31 bits per heavy atom. The van der Waals surface area contributed by atoms with Crippen LogP contribution in [0.5, 0.6) is 0 Å². The average Bonchev–Trinajstić information content (AvgIpc) is 1.45. The van der Waals surface area contributed by atoms with Crippen molar-refractivity contribution in [3.63, 3.8) is 0 Å². The van der Waals surface area contributed by atoms with Gasteiger partial charge in [0.1, 0.15) is 37.0 Å². The van der Waals surface area contributed by atoms with Crippen LogP contribution in [-0.2, 0) is 41.9 Å². The molecule has 6 aliphatic carbocycles. The Kier molecular flexibility index (Phi) is 22.9. The molecule has 1 heterocycles. The van der Waals surface area contributed by atoms with Gasteiger partial charge < -0.3 is 33.0 Å². The standard InChI is InChI=1S/C40H58O5Si2.C38H54O6Si.C2H6NP/c1-10-39-25-33(38(7)28(2)21-23-40(24-22-32(41)35(38)40)29(3)36(39)45-46(8,9)27-39)44-34(42)26-43-47(37(4,5)6,30-17-13-11-14-18-30)31-19-15-12-16-20-31;1-8-37(25-39)23-31(36(7)26(2)19-21-38(27(3)34(37)42)22-20-30(40)33(36)38)44-32(41)24-43-45(35(4,5)6,28-15-11-9-12-16-28)29-17-13-10-14-18-29;1-3-4-2/h11-20,28-29,33,35-36H,10,21-27H2,1-9H3;9-18,26-27,31,33-34,39,42H,8,19-25H2,1-7H3;1-2H3/t28-,29+,33-,35?,36+,38+,39-,40-;26-,27+,31-,33?,34+,36+,37-,38-;/m11./s1. The molecular weight excluding hydrogens is 1270 g/mol. The third-order valence-corrected chi connectivity index (χ3v) is 39.6. The Labute approximate surface area is 581 Å². The molecule has 0 amide bonds. The third-order valence-electron chi connectivity index (χ3n) is 26.8. The number of nitrogens with zero attached hydrogens (tertiary/aromatic N) is 1. The molecule has 96 heavy (non-hydrogen) atoms. The molecule has 0 aromatic heterocycles. The molecule has 1 saturated heterocycles. The number of ketones is 2. The second-order valence-corrected chi connectivity index (χ2v) is 47.2. The molecule has 12 nitrogen and oxygen atoms in total. The van der Waals surface area contributed by atoms with Gasteiger partial charge >= 0.3 is 11.9 Å². The van der Waals surface area contributed by atoms with Gasteiger partial charge in [-0.25, -0.2) is 9.59 Å². The van der Waals surface area contributed by atoms with Gasteiger partial charge in [0.2, 0.25) is 0 Å². The lowest BCUT2D eigenvalue weighted by atomic mass is 9.43. The monoisotopic (exact) mass is 1380 g/mol. The molecular formula is C80H118NO11PSi3. The van der Waals surface area contributed by atoms with E-state index in [2.05, 4.69) is 181 Å². The molecule has 6 saturated carbocycles. The van der Waals surface area contributed by atoms with E-state index >= 15 is 0 Å². The quantitative estimate of drug-likeness (QED) is 0.0660. The van der Waals surface area contributed by atoms with Crippen LogP contribution in [0.1, 0.15) is 174 Å². The van der Waals surface area contributed by atoms with Crippen LogP contribution >= 0.6 is 8.37 Å². The number of Topliss-reactive ketones (excluding diaryl/α,β-unsaturated/α-hetero) is 2. The largest absolute Gasteiger partial charge is 0.460 e. The van der Waals surface area contributed by atoms with Gasteiger partial charge in [0.25, 0.3) is 16.6 Å². The van der Waals surface area contributed by atoms with Crippen LogP contribution in [-0.4, -0.2) is 117 Å². The molecule has 16 heteroatoms. The fourth-order valence-corrected chi connectivity index (χ4v) is 33.9. The Balaban J connectivity index is 0.000000214. The van der Waals surface area contributed by atoms with E-state index in [1.165, 1.54) is 0 Å². The highest BCUT2D eigenvalue weighted by atomic mass is 31.1. The maximum atomic E-state index is 14.4. The molecule has 4 bridgehead atoms. The minimum absolute atomic E-state index is 0.0686. The number of esters is 2. The Morgan fingerprint density at radius 2 is 0.979 bits per heavy atom. The second-order valence-electron chi connectivity index (χ2n) is 33.6. The van der Waals surface area contributed by atoms with E-state index in [9.17, 15) is 29.4 Å². The first-order valence-corrected chi connectivity index (χ1v) is 44.5. The van der Waals surface area contributed by atoms with Crippen molar-refractivity contribution in [1.82, 2.24) is 0 Å². The van der Waals surface area contributed by atoms with Crippen LogP contribution in [0.2, 0.25) is 29.2 Å². The van der Waals surface area contributed by atoms with Crippen LogP contribution < -0.4 is 20.7 Å². The minimum Gasteiger partial charge on any atom is -0.460 e. The number of aliphatic hydroxyl groups is 2. The number of carbonyl (C=O) groups excluding carboxylic acids is 4. The summed E-state index contributed by atoms with van der Waals surface area (Å²) in [5.41, 5.74) is -2.44. The number of carbonyl (C=O) groups is 4. The Morgan fingerprint density at radius 1 is 0.615 bits per heavy atom. The third kappa shape index (κ3) is 13.0. The van der Waals surface area contributed by atoms with Crippen molar-refractivity contribution in [3.05, 3.63) is 121 Å². The molecule has 16 atom stereocenters. The van der Waals surface area contributed by atoms with E-state index in [1.54, 1.807) is 7.05 Å². The summed E-state index contributed by atoms with van der Waals surface area (Å²) in [6.07, 6.45) is 7.49. The van der Waals surface area contributed by atoms with E-state index in [4.69, 9.17) is 22.8 Å². The lowest BCUT2D eigenvalue weighted by Gasteiger charge is -2.62. The summed E-state index contributed by atoms with van der Waals surface area (Å²) in [7, 11) is -4.94. The summed E-state index contributed by atoms with van der Waals surface area (Å²) < 4.78 is 38.2. The molecule has 11 rings (SSSR count). The van der Waals surface area contributed by atoms with E-state index in [1.807, 2.05) is 62.1 Å². The first-order valence-electron chi connectivity index (χ1n) is 36.3. The van der Waals surface area contributed by atoms with Gasteiger partial charge in [0, 0.05) is 48.0 Å². The highest BCUT2D eigenvalue weighted by molar-refractivity contribution is 7.25. The predicted octanol–water partition coefficient (Wildman–Crippen LogP) is 15.0. The first-order chi connectivity index (χ1) is 45.2. The zero-order chi connectivity index (χ0) is 70.3. The van der Waals surface area contributed by atoms with E-state index in [0.717, 1.165) is 86.5 Å². The molecule has 0 spiro atoms. The maximum Gasteiger partial charge on any atom is 0.331 e. The van der Waals surface area contributed by atoms with Crippen molar-refractivity contribution in [2.45, 2.75) is 228 Å². The zero-order valence-corrected chi connectivity index (χ0v) is 65.5. The van der Waals surface area contributed by atoms with Crippen LogP contribution in [0.25, 0.3) is 0 Å². The average molecular weight is 1390 g/mol. The number of fused-ring (bicyclic) bond motifs is 1. The molecule has 1 aliphatic heterocycles. The van der Waals surface area contributed by atoms with Gasteiger partial charge in [-0.2, -0.15) is 0 Å². The molecule has 4 aromatic rings. The zero-order valence-electron chi connectivity index (χ0n) is 61.6. The number of aliphatic hydroxyl groups excluding tert-OH is 2. The van der Waals surface area contributed by atoms with Gasteiger partial charge in [-0.3, -0.25) is 14.3 Å². The SMILES string of the molecule is CC[C@]1(CO)C[C@@H](OC(=O)CO[Si](c2ccccc2)(c2ccccc2)C(C)(C)C)[C@@]2(C)C3C(=O)CC[C@]3(CC[C@H]2C)[C@@H](C)[C@@H]1O.CC[C@]12C[C@@H](OC(=O)CO[Si](c3ccccc3)(c3ccccc3)C(C)(C)C)[C@@]3(C)C4C(=O)CC[C@]4(CC[C@H]3C)[C@@H](C)[C@@H]1O[Si](C)(C)C2.CN=PC. The van der Waals surface area contributed by atoms with Gasteiger partial charge in [-0.15, -0.1) is 0 Å². The van der Waals surface area contributed by atoms with Crippen molar-refractivity contribution < 1.29 is 52.1 Å². The van der Waals surface area contributed by atoms with Crippen LogP contribution in [0, 0.1) is 68.0 Å². The fraction of sp³-hybridized carbons (Fsp3) is 0.650. The van der Waals surface area contributed by atoms with Gasteiger partial charge in [0.15, 0.2) is 8.32 Å². The number of hydrogen-bond donors (Lipinski definition) is 2. The summed E-state index contributed by atoms with van der Waals surface area (Å²) in [6, 6.07) is 42.4. The summed E-state index contributed by atoms with van der Waals surface area (Å²) in [5, 5.41) is 26.7. The fourth-order valence-electron chi connectivity index (χ4n) is 21.4. The molecule has 0 radical (unpaired) electrons. The summed E-state index contributed by atoms with van der Waals surface area (Å²) >= 11 is 0. The number of benzene rings is 4. The summed E-state index contributed by atoms with van der Waals surface area (Å²) in [5.74, 6) is -0.0609.